The maximum absolute atomic E-state index is 14.2. The summed E-state index contributed by atoms with van der Waals surface area (Å²) in [4.78, 5) is 28.8. The number of H-pyrrole nitrogens is 1. The van der Waals surface area contributed by atoms with Crippen molar-refractivity contribution in [2.75, 3.05) is 6.54 Å². The van der Waals surface area contributed by atoms with Crippen molar-refractivity contribution in [3.05, 3.63) is 105 Å². The highest BCUT2D eigenvalue weighted by Crippen LogP contribution is 2.47. The van der Waals surface area contributed by atoms with E-state index in [1.807, 2.05) is 0 Å². The Kier molecular flexibility index (Phi) is 5.17. The molecule has 1 fully saturated rings. The van der Waals surface area contributed by atoms with Crippen LogP contribution in [0.3, 0.4) is 0 Å². The average Bonchev–Trinajstić information content (AvgIpc) is 3.60. The third-order valence-electron chi connectivity index (χ3n) is 6.15. The minimum absolute atomic E-state index is 0.0309. The van der Waals surface area contributed by atoms with Gasteiger partial charge in [0.05, 0.1) is 16.6 Å². The van der Waals surface area contributed by atoms with Crippen molar-refractivity contribution in [1.82, 2.24) is 14.9 Å². The highest BCUT2D eigenvalue weighted by atomic mass is 32.1. The van der Waals surface area contributed by atoms with E-state index in [-0.39, 0.29) is 33.0 Å². The molecule has 1 aliphatic carbocycles. The molecule has 1 aliphatic rings. The second kappa shape index (κ2) is 8.04. The molecule has 0 spiro atoms. The second-order valence-electron chi connectivity index (χ2n) is 8.25. The fourth-order valence-electron chi connectivity index (χ4n) is 4.08. The van der Waals surface area contributed by atoms with Crippen LogP contribution >= 0.6 is 12.2 Å². The normalized spacial score (nSPS) is 14.2. The van der Waals surface area contributed by atoms with Gasteiger partial charge < -0.3 is 10.3 Å². The lowest BCUT2D eigenvalue weighted by molar-refractivity contribution is 0.0950. The largest absolute Gasteiger partial charge is 0.351 e. The van der Waals surface area contributed by atoms with Crippen LogP contribution in [0.2, 0.25) is 0 Å². The van der Waals surface area contributed by atoms with Crippen molar-refractivity contribution in [3.8, 4) is 5.69 Å². The third kappa shape index (κ3) is 3.87. The number of nitrogens with one attached hydrogen (secondary N) is 2. The number of para-hydroxylation sites is 1. The topological polar surface area (TPSA) is 66.9 Å². The smallest absolute Gasteiger partial charge is 0.266 e. The zero-order chi connectivity index (χ0) is 23.2. The Morgan fingerprint density at radius 1 is 1.06 bits per heavy atom. The van der Waals surface area contributed by atoms with Gasteiger partial charge in [0.25, 0.3) is 11.5 Å². The Balaban J connectivity index is 1.42. The Morgan fingerprint density at radius 3 is 2.48 bits per heavy atom. The van der Waals surface area contributed by atoms with E-state index in [9.17, 15) is 18.4 Å². The average molecular weight is 464 g/mol. The summed E-state index contributed by atoms with van der Waals surface area (Å²) >= 11 is 5.30. The van der Waals surface area contributed by atoms with Crippen molar-refractivity contribution < 1.29 is 13.6 Å². The van der Waals surface area contributed by atoms with Gasteiger partial charge >= 0.3 is 0 Å². The summed E-state index contributed by atoms with van der Waals surface area (Å²) < 4.78 is 28.6. The number of aromatic amines is 1. The van der Waals surface area contributed by atoms with Crippen LogP contribution in [-0.4, -0.2) is 22.0 Å². The Bertz CT molecular complexity index is 1510. The van der Waals surface area contributed by atoms with Crippen LogP contribution in [-0.2, 0) is 5.41 Å². The molecule has 1 heterocycles. The summed E-state index contributed by atoms with van der Waals surface area (Å²) in [6.45, 7) is 0.431. The van der Waals surface area contributed by atoms with Crippen molar-refractivity contribution in [2.24, 2.45) is 0 Å². The van der Waals surface area contributed by atoms with Crippen LogP contribution < -0.4 is 10.9 Å². The van der Waals surface area contributed by atoms with Gasteiger partial charge in [-0.3, -0.25) is 9.59 Å². The van der Waals surface area contributed by atoms with Crippen LogP contribution in [0.15, 0.2) is 71.5 Å². The lowest BCUT2D eigenvalue weighted by atomic mass is 9.96. The monoisotopic (exact) mass is 463 g/mol. The molecule has 0 bridgehead atoms. The Labute approximate surface area is 192 Å². The predicted octanol–water partition coefficient (Wildman–Crippen LogP) is 4.79. The standard InChI is InChI=1S/C25H19F2N3O2S/c26-17-8-6-16(7-9-17)25(11-12-25)14-28-22(31)15-5-10-18-20(13-15)29-24(33)30(23(18)32)21-4-2-1-3-19(21)27/h1-10,13H,11-12,14H2,(H,28,31)(H,29,33). The summed E-state index contributed by atoms with van der Waals surface area (Å²) in [5.41, 5.74) is 1.17. The van der Waals surface area contributed by atoms with E-state index in [1.165, 1.54) is 36.4 Å². The van der Waals surface area contributed by atoms with Crippen molar-refractivity contribution in [1.29, 1.82) is 0 Å². The summed E-state index contributed by atoms with van der Waals surface area (Å²) in [7, 11) is 0. The van der Waals surface area contributed by atoms with E-state index >= 15 is 0 Å². The van der Waals surface area contributed by atoms with Gasteiger partial charge in [0.2, 0.25) is 0 Å². The molecule has 5 rings (SSSR count). The molecule has 8 heteroatoms. The molecule has 5 nitrogen and oxygen atoms in total. The van der Waals surface area contributed by atoms with Crippen LogP contribution in [0, 0.1) is 16.4 Å². The van der Waals surface area contributed by atoms with E-state index in [0.717, 1.165) is 23.0 Å². The molecule has 2 N–H and O–H groups in total. The van der Waals surface area contributed by atoms with E-state index in [2.05, 4.69) is 10.3 Å². The molecular formula is C25H19F2N3O2S. The SMILES string of the molecule is O=C(NCC1(c2ccc(F)cc2)CC1)c1ccc2c(=O)n(-c3ccccc3F)c(=S)[nH]c2c1. The summed E-state index contributed by atoms with van der Waals surface area (Å²) in [5.74, 6) is -1.14. The van der Waals surface area contributed by atoms with Gasteiger partial charge in [-0.15, -0.1) is 0 Å². The van der Waals surface area contributed by atoms with Crippen LogP contribution in [0.1, 0.15) is 28.8 Å². The highest BCUT2D eigenvalue weighted by Gasteiger charge is 2.44. The van der Waals surface area contributed by atoms with E-state index in [1.54, 1.807) is 30.3 Å². The van der Waals surface area contributed by atoms with Crippen molar-refractivity contribution in [2.45, 2.75) is 18.3 Å². The van der Waals surface area contributed by atoms with E-state index in [4.69, 9.17) is 12.2 Å². The first kappa shape index (κ1) is 21.2. The van der Waals surface area contributed by atoms with Gasteiger partial charge in [0.1, 0.15) is 11.6 Å². The van der Waals surface area contributed by atoms with Gasteiger partial charge in [-0.2, -0.15) is 0 Å². The van der Waals surface area contributed by atoms with Crippen molar-refractivity contribution in [3.63, 3.8) is 0 Å². The predicted molar refractivity (Wildman–Crippen MR) is 124 cm³/mol. The first-order chi connectivity index (χ1) is 15.9. The molecule has 1 saturated carbocycles. The number of hydrogen-bond donors (Lipinski definition) is 2. The first-order valence-corrected chi connectivity index (χ1v) is 10.9. The van der Waals surface area contributed by atoms with Gasteiger partial charge in [0, 0.05) is 17.5 Å². The molecule has 0 radical (unpaired) electrons. The lowest BCUT2D eigenvalue weighted by Gasteiger charge is -2.17. The summed E-state index contributed by atoms with van der Waals surface area (Å²) in [6, 6.07) is 16.9. The molecule has 4 aromatic rings. The Morgan fingerprint density at radius 2 is 1.79 bits per heavy atom. The number of fused-ring (bicyclic) bond motifs is 1. The molecule has 33 heavy (non-hydrogen) atoms. The number of hydrogen-bond acceptors (Lipinski definition) is 3. The maximum Gasteiger partial charge on any atom is 0.266 e. The maximum atomic E-state index is 14.2. The number of nitrogens with zero attached hydrogens (tertiary/aromatic N) is 1. The fraction of sp³-hybridized carbons (Fsp3) is 0.160. The second-order valence-corrected chi connectivity index (χ2v) is 8.64. The zero-order valence-electron chi connectivity index (χ0n) is 17.4. The van der Waals surface area contributed by atoms with Gasteiger partial charge in [-0.05, 0) is 73.1 Å². The van der Waals surface area contributed by atoms with E-state index in [0.29, 0.717) is 17.6 Å². The van der Waals surface area contributed by atoms with Crippen LogP contribution in [0.5, 0.6) is 0 Å². The highest BCUT2D eigenvalue weighted by molar-refractivity contribution is 7.71. The van der Waals surface area contributed by atoms with E-state index < -0.39 is 11.4 Å². The summed E-state index contributed by atoms with van der Waals surface area (Å²) in [6.07, 6.45) is 1.83. The number of benzene rings is 3. The number of rotatable bonds is 5. The molecular weight excluding hydrogens is 444 g/mol. The quantitative estimate of drug-likeness (QED) is 0.419. The molecule has 0 aliphatic heterocycles. The third-order valence-corrected chi connectivity index (χ3v) is 6.44. The number of carbonyl (C=O) groups is 1. The number of aromatic nitrogens is 2. The molecule has 0 atom stereocenters. The number of carbonyl (C=O) groups excluding carboxylic acids is 1. The molecule has 166 valence electrons. The number of amides is 1. The molecule has 1 amide bonds. The number of halogens is 2. The molecule has 0 unspecified atom stereocenters. The minimum atomic E-state index is -0.565. The van der Waals surface area contributed by atoms with Gasteiger partial charge in [-0.25, -0.2) is 13.3 Å². The zero-order valence-corrected chi connectivity index (χ0v) is 18.2. The summed E-state index contributed by atoms with van der Waals surface area (Å²) in [5, 5.41) is 3.23. The van der Waals surface area contributed by atoms with Crippen LogP contribution in [0.4, 0.5) is 8.78 Å². The van der Waals surface area contributed by atoms with Crippen LogP contribution in [0.25, 0.3) is 16.6 Å². The molecule has 1 aromatic heterocycles. The molecule has 3 aromatic carbocycles. The van der Waals surface area contributed by atoms with Gasteiger partial charge in [-0.1, -0.05) is 24.3 Å². The Hall–Kier alpha value is -3.65. The minimum Gasteiger partial charge on any atom is -0.351 e. The fourth-order valence-corrected chi connectivity index (χ4v) is 4.38. The van der Waals surface area contributed by atoms with Gasteiger partial charge in [0.15, 0.2) is 4.77 Å². The van der Waals surface area contributed by atoms with Crippen molar-refractivity contribution >= 4 is 29.0 Å². The molecule has 0 saturated heterocycles. The first-order valence-electron chi connectivity index (χ1n) is 10.5. The lowest BCUT2D eigenvalue weighted by Crippen LogP contribution is -2.32.